The van der Waals surface area contributed by atoms with Gasteiger partial charge in [0, 0.05) is 19.3 Å². The molecule has 0 fully saturated rings. The number of esters is 3. The van der Waals surface area contributed by atoms with E-state index in [1.54, 1.807) is 0 Å². The van der Waals surface area contributed by atoms with Gasteiger partial charge in [-0.15, -0.1) is 0 Å². The van der Waals surface area contributed by atoms with Gasteiger partial charge in [-0.1, -0.05) is 267 Å². The first-order valence-electron chi connectivity index (χ1n) is 32.9. The maximum Gasteiger partial charge on any atom is 0.306 e. The van der Waals surface area contributed by atoms with Crippen molar-refractivity contribution in [1.82, 2.24) is 0 Å². The Morgan fingerprint density at radius 3 is 0.699 bits per heavy atom. The second kappa shape index (κ2) is 68.7. The van der Waals surface area contributed by atoms with E-state index in [-0.39, 0.29) is 31.1 Å². The van der Waals surface area contributed by atoms with E-state index in [2.05, 4.69) is 215 Å². The molecule has 0 heterocycles. The molecular weight excluding hydrogens is 1020 g/mol. The molecule has 0 N–H and O–H groups in total. The Morgan fingerprint density at radius 1 is 0.241 bits per heavy atom. The first kappa shape index (κ1) is 77.2. The van der Waals surface area contributed by atoms with Crippen molar-refractivity contribution >= 4 is 17.9 Å². The molecule has 6 nitrogen and oxygen atoms in total. The van der Waals surface area contributed by atoms with E-state index < -0.39 is 6.10 Å². The molecule has 0 rings (SSSR count). The van der Waals surface area contributed by atoms with Gasteiger partial charge < -0.3 is 14.2 Å². The Morgan fingerprint density at radius 2 is 0.434 bits per heavy atom. The van der Waals surface area contributed by atoms with Crippen LogP contribution in [0.25, 0.3) is 0 Å². The molecule has 1 unspecified atom stereocenters. The molecule has 0 saturated heterocycles. The summed E-state index contributed by atoms with van der Waals surface area (Å²) < 4.78 is 16.9. The zero-order valence-electron chi connectivity index (χ0n) is 52.9. The monoisotopic (exact) mass is 1140 g/mol. The van der Waals surface area contributed by atoms with Crippen molar-refractivity contribution in [1.29, 1.82) is 0 Å². The van der Waals surface area contributed by atoms with Crippen molar-refractivity contribution in [3.8, 4) is 0 Å². The Kier molecular flexibility index (Phi) is 64.0. The smallest absolute Gasteiger partial charge is 0.306 e. The van der Waals surface area contributed by atoms with Gasteiger partial charge in [0.2, 0.25) is 0 Å². The van der Waals surface area contributed by atoms with Gasteiger partial charge in [-0.2, -0.15) is 0 Å². The molecule has 0 aliphatic heterocycles. The molecule has 0 aromatic heterocycles. The molecule has 0 aliphatic carbocycles. The minimum Gasteiger partial charge on any atom is -0.462 e. The quantitative estimate of drug-likeness (QED) is 0.0261. The SMILES string of the molecule is CC/C=C\C/C=C\C/C=C\C/C=C\C/C=C\C/C=C\C/C=C\C/C=C\C/C=C\CCCCCCCC(=O)OCC(COC(=O)CCCC/C=C\C/C=C\C/C=C\C/C=C\CC)OC(=O)CCCCCCCCC/C=C\C/C=C\C/C=C\CC. The second-order valence-electron chi connectivity index (χ2n) is 20.9. The number of allylic oxidation sites excluding steroid dienone is 32. The lowest BCUT2D eigenvalue weighted by atomic mass is 10.1. The van der Waals surface area contributed by atoms with Crippen molar-refractivity contribution in [3.63, 3.8) is 0 Å². The number of ether oxygens (including phenoxy) is 3. The van der Waals surface area contributed by atoms with E-state index >= 15 is 0 Å². The molecular formula is C77H118O6. The van der Waals surface area contributed by atoms with Crippen molar-refractivity contribution < 1.29 is 28.6 Å². The van der Waals surface area contributed by atoms with Crippen LogP contribution >= 0.6 is 0 Å². The fourth-order valence-corrected chi connectivity index (χ4v) is 8.26. The standard InChI is InChI=1S/C77H118O6/c1-4-7-10-13-16-19-22-25-28-30-31-32-33-34-35-36-37-38-39-40-41-42-43-44-45-47-49-52-55-58-61-64-67-70-76(79)82-73-74(72-81-75(78)69-66-63-60-57-54-51-48-27-24-21-18-15-12-9-6-3)83-77(80)71-68-65-62-59-56-53-50-46-29-26-23-20-17-14-11-8-5-2/h7-12,16-21,25-29,31-32,34-35,37-38,40-41,43-44,47-49,54,57,74H,4-6,13-15,22-24,30,33,36,39,42,45-46,50-53,55-56,58-73H2,1-3H3/b10-7-,11-8-,12-9-,19-16-,20-17-,21-18-,28-25-,29-26-,32-31-,35-34-,38-37-,41-40-,44-43-,48-27-,49-47-,57-54-. The molecule has 6 heteroatoms. The average Bonchev–Trinajstić information content (AvgIpc) is 3.49. The van der Waals surface area contributed by atoms with E-state index in [9.17, 15) is 14.4 Å². The summed E-state index contributed by atoms with van der Waals surface area (Å²) in [7, 11) is 0. The summed E-state index contributed by atoms with van der Waals surface area (Å²) in [5, 5.41) is 0. The van der Waals surface area contributed by atoms with Crippen molar-refractivity contribution in [2.75, 3.05) is 13.2 Å². The minimum atomic E-state index is -0.821. The number of hydrogen-bond donors (Lipinski definition) is 0. The van der Waals surface area contributed by atoms with E-state index in [1.165, 1.54) is 19.3 Å². The predicted octanol–water partition coefficient (Wildman–Crippen LogP) is 23.0. The molecule has 83 heavy (non-hydrogen) atoms. The van der Waals surface area contributed by atoms with E-state index in [0.717, 1.165) is 186 Å². The van der Waals surface area contributed by atoms with Crippen LogP contribution in [0.15, 0.2) is 194 Å². The van der Waals surface area contributed by atoms with Gasteiger partial charge in [0.1, 0.15) is 13.2 Å². The van der Waals surface area contributed by atoms with Crippen LogP contribution < -0.4 is 0 Å². The lowest BCUT2D eigenvalue weighted by molar-refractivity contribution is -0.167. The summed E-state index contributed by atoms with van der Waals surface area (Å²) in [5.41, 5.74) is 0. The van der Waals surface area contributed by atoms with E-state index in [0.29, 0.717) is 25.7 Å². The first-order valence-corrected chi connectivity index (χ1v) is 32.9. The predicted molar refractivity (Wildman–Crippen MR) is 361 cm³/mol. The highest BCUT2D eigenvalue weighted by atomic mass is 16.6. The van der Waals surface area contributed by atoms with Crippen molar-refractivity contribution in [2.45, 2.75) is 258 Å². The number of unbranched alkanes of at least 4 members (excludes halogenated alkanes) is 14. The van der Waals surface area contributed by atoms with Crippen LogP contribution in [0.1, 0.15) is 252 Å². The highest BCUT2D eigenvalue weighted by molar-refractivity contribution is 5.71. The molecule has 0 bridgehead atoms. The van der Waals surface area contributed by atoms with Crippen LogP contribution in [0.4, 0.5) is 0 Å². The third-order valence-electron chi connectivity index (χ3n) is 13.1. The number of carbonyl (C=O) groups excluding carboxylic acids is 3. The van der Waals surface area contributed by atoms with Crippen LogP contribution in [-0.2, 0) is 28.6 Å². The molecule has 0 amide bonds. The van der Waals surface area contributed by atoms with Gasteiger partial charge in [0.15, 0.2) is 6.10 Å². The lowest BCUT2D eigenvalue weighted by Crippen LogP contribution is -2.30. The number of carbonyl (C=O) groups is 3. The van der Waals surface area contributed by atoms with E-state index in [4.69, 9.17) is 14.2 Å². The Balaban J connectivity index is 4.43. The van der Waals surface area contributed by atoms with Gasteiger partial charge in [0.05, 0.1) is 0 Å². The topological polar surface area (TPSA) is 78.9 Å². The largest absolute Gasteiger partial charge is 0.462 e. The fourth-order valence-electron chi connectivity index (χ4n) is 8.26. The molecule has 0 saturated carbocycles. The maximum absolute atomic E-state index is 12.9. The third kappa shape index (κ3) is 66.9. The molecule has 0 aromatic rings. The van der Waals surface area contributed by atoms with Crippen LogP contribution in [0.3, 0.4) is 0 Å². The van der Waals surface area contributed by atoms with Crippen LogP contribution in [0, 0.1) is 0 Å². The second-order valence-corrected chi connectivity index (χ2v) is 20.9. The van der Waals surface area contributed by atoms with Crippen LogP contribution in [0.5, 0.6) is 0 Å². The van der Waals surface area contributed by atoms with Gasteiger partial charge in [0.25, 0.3) is 0 Å². The molecule has 0 aromatic carbocycles. The highest BCUT2D eigenvalue weighted by Gasteiger charge is 2.19. The minimum absolute atomic E-state index is 0.116. The molecule has 462 valence electrons. The van der Waals surface area contributed by atoms with Gasteiger partial charge in [-0.25, -0.2) is 0 Å². The molecule has 0 aliphatic rings. The Labute approximate surface area is 509 Å². The van der Waals surface area contributed by atoms with Crippen molar-refractivity contribution in [2.24, 2.45) is 0 Å². The van der Waals surface area contributed by atoms with Crippen LogP contribution in [-0.4, -0.2) is 37.2 Å². The lowest BCUT2D eigenvalue weighted by Gasteiger charge is -2.18. The maximum atomic E-state index is 12.9. The van der Waals surface area contributed by atoms with Crippen LogP contribution in [0.2, 0.25) is 0 Å². The zero-order valence-corrected chi connectivity index (χ0v) is 52.9. The number of rotatable bonds is 57. The third-order valence-corrected chi connectivity index (χ3v) is 13.1. The molecule has 0 radical (unpaired) electrons. The number of hydrogen-bond acceptors (Lipinski definition) is 6. The molecule has 0 spiro atoms. The van der Waals surface area contributed by atoms with Gasteiger partial charge >= 0.3 is 17.9 Å². The Bertz CT molecular complexity index is 1990. The normalized spacial score (nSPS) is 13.4. The fraction of sp³-hybridized carbons (Fsp3) is 0.545. The van der Waals surface area contributed by atoms with Crippen molar-refractivity contribution in [3.05, 3.63) is 194 Å². The van der Waals surface area contributed by atoms with Gasteiger partial charge in [-0.05, 0) is 161 Å². The zero-order chi connectivity index (χ0) is 59.9. The summed E-state index contributed by atoms with van der Waals surface area (Å²) in [5.74, 6) is -0.993. The summed E-state index contributed by atoms with van der Waals surface area (Å²) in [6.07, 6.45) is 104. The first-order chi connectivity index (χ1) is 41.0. The molecule has 1 atom stereocenters. The van der Waals surface area contributed by atoms with E-state index in [1.807, 2.05) is 0 Å². The Hall–Kier alpha value is -5.75. The average molecular weight is 1140 g/mol. The summed E-state index contributed by atoms with van der Waals surface area (Å²) in [6.45, 7) is 6.23. The summed E-state index contributed by atoms with van der Waals surface area (Å²) in [6, 6.07) is 0. The summed E-state index contributed by atoms with van der Waals surface area (Å²) in [4.78, 5) is 38.3. The van der Waals surface area contributed by atoms with Gasteiger partial charge in [-0.3, -0.25) is 14.4 Å². The highest BCUT2D eigenvalue weighted by Crippen LogP contribution is 2.14. The summed E-state index contributed by atoms with van der Waals surface area (Å²) >= 11 is 0.